The molecule has 0 saturated carbocycles. The molecule has 2 amide bonds. The van der Waals surface area contributed by atoms with Crippen LogP contribution in [0.3, 0.4) is 0 Å². The Morgan fingerprint density at radius 3 is 2.83 bits per heavy atom. The van der Waals surface area contributed by atoms with E-state index < -0.39 is 5.97 Å². The van der Waals surface area contributed by atoms with E-state index in [1.54, 1.807) is 17.9 Å². The smallest absolute Gasteiger partial charge is 0.317 e. The molecule has 0 radical (unpaired) electrons. The number of carboxylic acids is 1. The van der Waals surface area contributed by atoms with Crippen LogP contribution in [-0.4, -0.2) is 45.4 Å². The van der Waals surface area contributed by atoms with Crippen LogP contribution in [0.2, 0.25) is 0 Å². The summed E-state index contributed by atoms with van der Waals surface area (Å²) < 4.78 is 1.66. The number of carbonyl (C=O) groups excluding carboxylic acids is 1. The highest BCUT2D eigenvalue weighted by molar-refractivity contribution is 5.73. The molecule has 0 saturated heterocycles. The number of urea groups is 1. The van der Waals surface area contributed by atoms with Gasteiger partial charge in [0.25, 0.3) is 0 Å². The van der Waals surface area contributed by atoms with Gasteiger partial charge in [-0.3, -0.25) is 9.48 Å². The minimum absolute atomic E-state index is 0.0697. The molecule has 0 aromatic carbocycles. The fourth-order valence-corrected chi connectivity index (χ4v) is 1.44. The summed E-state index contributed by atoms with van der Waals surface area (Å²) in [6, 6.07) is -0.218. The molecule has 0 aliphatic rings. The van der Waals surface area contributed by atoms with Gasteiger partial charge in [0.15, 0.2) is 0 Å². The summed E-state index contributed by atoms with van der Waals surface area (Å²) in [7, 11) is 3.45. The zero-order chi connectivity index (χ0) is 13.5. The van der Waals surface area contributed by atoms with Crippen LogP contribution in [0.1, 0.15) is 18.4 Å². The van der Waals surface area contributed by atoms with Gasteiger partial charge in [0.2, 0.25) is 0 Å². The Kier molecular flexibility index (Phi) is 5.16. The van der Waals surface area contributed by atoms with Crippen molar-refractivity contribution in [3.05, 3.63) is 18.0 Å². The molecule has 1 aromatic heterocycles. The number of aliphatic carboxylic acids is 1. The number of carboxylic acid groups (broad SMARTS) is 1. The Balaban J connectivity index is 2.25. The zero-order valence-electron chi connectivity index (χ0n) is 10.6. The number of aryl methyl sites for hydroxylation is 1. The van der Waals surface area contributed by atoms with Crippen LogP contribution in [0, 0.1) is 0 Å². The Hall–Kier alpha value is -2.05. The molecule has 0 unspecified atom stereocenters. The molecule has 0 aliphatic carbocycles. The number of amides is 2. The first-order valence-electron chi connectivity index (χ1n) is 5.67. The lowest BCUT2D eigenvalue weighted by molar-refractivity contribution is -0.137. The van der Waals surface area contributed by atoms with Crippen LogP contribution in [-0.2, 0) is 18.4 Å². The predicted octanol–water partition coefficient (Wildman–Crippen LogP) is 0.426. The standard InChI is InChI=1S/C11H18N4O3/c1-14(5-3-4-10(16)17)11(18)12-6-9-7-13-15(2)8-9/h7-8H,3-6H2,1-2H3,(H,12,18)(H,16,17). The highest BCUT2D eigenvalue weighted by atomic mass is 16.4. The lowest BCUT2D eigenvalue weighted by Crippen LogP contribution is -2.37. The maximum absolute atomic E-state index is 11.6. The van der Waals surface area contributed by atoms with E-state index in [4.69, 9.17) is 5.11 Å². The molecule has 0 aliphatic heterocycles. The Labute approximate surface area is 105 Å². The normalized spacial score (nSPS) is 10.1. The van der Waals surface area contributed by atoms with Crippen molar-refractivity contribution in [2.75, 3.05) is 13.6 Å². The molecule has 0 bridgehead atoms. The quantitative estimate of drug-likeness (QED) is 0.770. The van der Waals surface area contributed by atoms with Crippen molar-refractivity contribution >= 4 is 12.0 Å². The number of carbonyl (C=O) groups is 2. The molecule has 1 rings (SSSR count). The van der Waals surface area contributed by atoms with Crippen molar-refractivity contribution in [2.24, 2.45) is 7.05 Å². The summed E-state index contributed by atoms with van der Waals surface area (Å²) in [4.78, 5) is 23.4. The molecule has 0 atom stereocenters. The van der Waals surface area contributed by atoms with Gasteiger partial charge < -0.3 is 15.3 Å². The molecule has 0 spiro atoms. The van der Waals surface area contributed by atoms with E-state index in [9.17, 15) is 9.59 Å². The van der Waals surface area contributed by atoms with Gasteiger partial charge in [0.1, 0.15) is 0 Å². The van der Waals surface area contributed by atoms with Gasteiger partial charge in [-0.25, -0.2) is 4.79 Å². The first kappa shape index (κ1) is 14.0. The zero-order valence-corrected chi connectivity index (χ0v) is 10.6. The number of hydrogen-bond donors (Lipinski definition) is 2. The van der Waals surface area contributed by atoms with Crippen LogP contribution in [0.15, 0.2) is 12.4 Å². The van der Waals surface area contributed by atoms with Crippen molar-refractivity contribution in [3.63, 3.8) is 0 Å². The summed E-state index contributed by atoms with van der Waals surface area (Å²) in [6.45, 7) is 0.834. The minimum Gasteiger partial charge on any atom is -0.481 e. The fourth-order valence-electron chi connectivity index (χ4n) is 1.44. The molecule has 0 fully saturated rings. The first-order chi connectivity index (χ1) is 8.49. The van der Waals surface area contributed by atoms with E-state index in [-0.39, 0.29) is 12.5 Å². The minimum atomic E-state index is -0.848. The molecular weight excluding hydrogens is 236 g/mol. The third-order valence-electron chi connectivity index (χ3n) is 2.43. The van der Waals surface area contributed by atoms with Gasteiger partial charge in [0.05, 0.1) is 6.20 Å². The predicted molar refractivity (Wildman–Crippen MR) is 64.9 cm³/mol. The summed E-state index contributed by atoms with van der Waals surface area (Å²) in [5.41, 5.74) is 0.921. The number of nitrogens with zero attached hydrogens (tertiary/aromatic N) is 3. The summed E-state index contributed by atoms with van der Waals surface area (Å²) in [5.74, 6) is -0.848. The maximum Gasteiger partial charge on any atom is 0.317 e. The number of nitrogens with one attached hydrogen (secondary N) is 1. The lowest BCUT2D eigenvalue weighted by atomic mass is 10.3. The molecule has 1 aromatic rings. The second kappa shape index (κ2) is 6.63. The molecular formula is C11H18N4O3. The van der Waals surface area contributed by atoms with Gasteiger partial charge in [-0.15, -0.1) is 0 Å². The van der Waals surface area contributed by atoms with Crippen LogP contribution < -0.4 is 5.32 Å². The molecule has 18 heavy (non-hydrogen) atoms. The van der Waals surface area contributed by atoms with Crippen molar-refractivity contribution in [1.29, 1.82) is 0 Å². The molecule has 100 valence electrons. The molecule has 7 heteroatoms. The molecule has 2 N–H and O–H groups in total. The second-order valence-corrected chi connectivity index (χ2v) is 4.10. The Morgan fingerprint density at radius 2 is 2.28 bits per heavy atom. The van der Waals surface area contributed by atoms with Crippen LogP contribution in [0.4, 0.5) is 4.79 Å². The summed E-state index contributed by atoms with van der Waals surface area (Å²) in [5, 5.41) is 15.2. The van der Waals surface area contributed by atoms with E-state index in [1.165, 1.54) is 4.90 Å². The van der Waals surface area contributed by atoms with Crippen molar-refractivity contribution < 1.29 is 14.7 Å². The van der Waals surface area contributed by atoms with Gasteiger partial charge >= 0.3 is 12.0 Å². The monoisotopic (exact) mass is 254 g/mol. The highest BCUT2D eigenvalue weighted by Crippen LogP contribution is 1.97. The van der Waals surface area contributed by atoms with Crippen molar-refractivity contribution in [1.82, 2.24) is 20.0 Å². The molecule has 7 nitrogen and oxygen atoms in total. The lowest BCUT2D eigenvalue weighted by Gasteiger charge is -2.17. The van der Waals surface area contributed by atoms with E-state index in [0.29, 0.717) is 19.5 Å². The van der Waals surface area contributed by atoms with E-state index >= 15 is 0 Å². The second-order valence-electron chi connectivity index (χ2n) is 4.10. The maximum atomic E-state index is 11.6. The largest absolute Gasteiger partial charge is 0.481 e. The van der Waals surface area contributed by atoms with Gasteiger partial charge in [0, 0.05) is 45.4 Å². The number of rotatable bonds is 6. The summed E-state index contributed by atoms with van der Waals surface area (Å²) in [6.07, 6.45) is 4.03. The van der Waals surface area contributed by atoms with E-state index in [1.807, 2.05) is 13.2 Å². The topological polar surface area (TPSA) is 87.5 Å². The number of aromatic nitrogens is 2. The van der Waals surface area contributed by atoms with Gasteiger partial charge in [-0.05, 0) is 6.42 Å². The average Bonchev–Trinajstić information content (AvgIpc) is 2.71. The average molecular weight is 254 g/mol. The first-order valence-corrected chi connectivity index (χ1v) is 5.67. The van der Waals surface area contributed by atoms with Crippen LogP contribution >= 0.6 is 0 Å². The van der Waals surface area contributed by atoms with E-state index in [0.717, 1.165) is 5.56 Å². The highest BCUT2D eigenvalue weighted by Gasteiger charge is 2.08. The molecule has 1 heterocycles. The SMILES string of the molecule is CN(CCCC(=O)O)C(=O)NCc1cnn(C)c1. The van der Waals surface area contributed by atoms with Gasteiger partial charge in [-0.1, -0.05) is 0 Å². The van der Waals surface area contributed by atoms with Gasteiger partial charge in [-0.2, -0.15) is 5.10 Å². The summed E-state index contributed by atoms with van der Waals surface area (Å²) >= 11 is 0. The van der Waals surface area contributed by atoms with E-state index in [2.05, 4.69) is 10.4 Å². The third kappa shape index (κ3) is 4.86. The fraction of sp³-hybridized carbons (Fsp3) is 0.545. The number of hydrogen-bond acceptors (Lipinski definition) is 3. The Bertz CT molecular complexity index is 416. The van der Waals surface area contributed by atoms with Crippen molar-refractivity contribution in [3.8, 4) is 0 Å². The Morgan fingerprint density at radius 1 is 1.56 bits per heavy atom. The third-order valence-corrected chi connectivity index (χ3v) is 2.43. The van der Waals surface area contributed by atoms with Crippen LogP contribution in [0.5, 0.6) is 0 Å². The van der Waals surface area contributed by atoms with Crippen molar-refractivity contribution in [2.45, 2.75) is 19.4 Å². The van der Waals surface area contributed by atoms with Crippen LogP contribution in [0.25, 0.3) is 0 Å².